The van der Waals surface area contributed by atoms with Crippen LogP contribution < -0.4 is 5.32 Å². The molecular formula is C24H23NO2. The lowest BCUT2D eigenvalue weighted by atomic mass is 9.75. The van der Waals surface area contributed by atoms with Crippen LogP contribution in [-0.2, 0) is 0 Å². The van der Waals surface area contributed by atoms with Crippen LogP contribution in [0.25, 0.3) is 11.1 Å². The van der Waals surface area contributed by atoms with Crippen molar-refractivity contribution in [3.8, 4) is 11.1 Å². The summed E-state index contributed by atoms with van der Waals surface area (Å²) in [5.74, 6) is -0.0288. The molecule has 0 bridgehead atoms. The Balaban J connectivity index is 1.74. The minimum absolute atomic E-state index is 0.317. The SMILES string of the molecule is O=C(O)c1ccc(-c2ccccc2[C@@H]2CNCC[C@H]2c2ccccc2)cc1. The highest BCUT2D eigenvalue weighted by molar-refractivity contribution is 5.88. The van der Waals surface area contributed by atoms with Gasteiger partial charge in [0.05, 0.1) is 5.56 Å². The van der Waals surface area contributed by atoms with Crippen molar-refractivity contribution in [2.45, 2.75) is 18.3 Å². The van der Waals surface area contributed by atoms with Gasteiger partial charge in [-0.05, 0) is 53.3 Å². The zero-order valence-electron chi connectivity index (χ0n) is 15.1. The van der Waals surface area contributed by atoms with Crippen LogP contribution in [0.4, 0.5) is 0 Å². The van der Waals surface area contributed by atoms with Gasteiger partial charge >= 0.3 is 5.97 Å². The highest BCUT2D eigenvalue weighted by Gasteiger charge is 2.29. The molecule has 1 saturated heterocycles. The van der Waals surface area contributed by atoms with E-state index in [0.717, 1.165) is 25.1 Å². The molecule has 3 heteroatoms. The molecule has 4 rings (SSSR count). The van der Waals surface area contributed by atoms with Crippen LogP contribution in [0.3, 0.4) is 0 Å². The summed E-state index contributed by atoms with van der Waals surface area (Å²) < 4.78 is 0. The van der Waals surface area contributed by atoms with Crippen LogP contribution >= 0.6 is 0 Å². The van der Waals surface area contributed by atoms with Gasteiger partial charge in [-0.25, -0.2) is 4.79 Å². The molecule has 2 atom stereocenters. The Bertz CT molecular complexity index is 919. The summed E-state index contributed by atoms with van der Waals surface area (Å²) in [7, 11) is 0. The number of carboxylic acid groups (broad SMARTS) is 1. The molecule has 1 heterocycles. The maximum atomic E-state index is 11.2. The van der Waals surface area contributed by atoms with Crippen molar-refractivity contribution in [2.75, 3.05) is 13.1 Å². The number of nitrogens with one attached hydrogen (secondary N) is 1. The molecule has 3 aromatic rings. The molecule has 0 spiro atoms. The van der Waals surface area contributed by atoms with E-state index < -0.39 is 5.97 Å². The van der Waals surface area contributed by atoms with Gasteiger partial charge in [0.1, 0.15) is 0 Å². The van der Waals surface area contributed by atoms with Crippen LogP contribution in [0.2, 0.25) is 0 Å². The van der Waals surface area contributed by atoms with E-state index in [1.165, 1.54) is 16.7 Å². The number of rotatable bonds is 4. The van der Waals surface area contributed by atoms with Crippen molar-refractivity contribution < 1.29 is 9.90 Å². The highest BCUT2D eigenvalue weighted by Crippen LogP contribution is 2.41. The Labute approximate surface area is 159 Å². The molecule has 136 valence electrons. The van der Waals surface area contributed by atoms with E-state index in [2.05, 4.69) is 59.9 Å². The van der Waals surface area contributed by atoms with Crippen LogP contribution in [-0.4, -0.2) is 24.2 Å². The van der Waals surface area contributed by atoms with Crippen molar-refractivity contribution in [3.63, 3.8) is 0 Å². The van der Waals surface area contributed by atoms with Crippen molar-refractivity contribution in [3.05, 3.63) is 95.6 Å². The molecule has 0 radical (unpaired) electrons. The number of benzene rings is 3. The van der Waals surface area contributed by atoms with Crippen molar-refractivity contribution in [1.82, 2.24) is 5.32 Å². The number of carbonyl (C=O) groups is 1. The standard InChI is InChI=1S/C24H23NO2/c26-24(27)19-12-10-18(11-13-19)20-8-4-5-9-22(20)23-16-25-15-14-21(23)17-6-2-1-3-7-17/h1-13,21,23,25H,14-16H2,(H,26,27)/t21-,23+/m0/s1. The average Bonchev–Trinajstić information content (AvgIpc) is 2.74. The van der Waals surface area contributed by atoms with Gasteiger partial charge in [0.15, 0.2) is 0 Å². The maximum absolute atomic E-state index is 11.2. The fraction of sp³-hybridized carbons (Fsp3) is 0.208. The Morgan fingerprint density at radius 3 is 2.30 bits per heavy atom. The Morgan fingerprint density at radius 1 is 0.852 bits per heavy atom. The third kappa shape index (κ3) is 3.64. The third-order valence-electron chi connectivity index (χ3n) is 5.51. The molecule has 1 aliphatic rings. The third-order valence-corrected chi connectivity index (χ3v) is 5.51. The van der Waals surface area contributed by atoms with E-state index in [-0.39, 0.29) is 0 Å². The Kier molecular flexibility index (Phi) is 5.03. The topological polar surface area (TPSA) is 49.3 Å². The first kappa shape index (κ1) is 17.5. The Hall–Kier alpha value is -2.91. The van der Waals surface area contributed by atoms with E-state index in [0.29, 0.717) is 17.4 Å². The predicted octanol–water partition coefficient (Wildman–Crippen LogP) is 4.91. The molecule has 0 unspecified atom stereocenters. The van der Waals surface area contributed by atoms with Gasteiger partial charge in [0.2, 0.25) is 0 Å². The highest BCUT2D eigenvalue weighted by atomic mass is 16.4. The maximum Gasteiger partial charge on any atom is 0.335 e. The molecule has 3 aromatic carbocycles. The van der Waals surface area contributed by atoms with Gasteiger partial charge < -0.3 is 10.4 Å². The average molecular weight is 357 g/mol. The van der Waals surface area contributed by atoms with Crippen LogP contribution in [0.15, 0.2) is 78.9 Å². The summed E-state index contributed by atoms with van der Waals surface area (Å²) in [4.78, 5) is 11.2. The first-order chi connectivity index (χ1) is 13.2. The van der Waals surface area contributed by atoms with Gasteiger partial charge in [0.25, 0.3) is 0 Å². The van der Waals surface area contributed by atoms with Crippen molar-refractivity contribution >= 4 is 5.97 Å². The van der Waals surface area contributed by atoms with E-state index in [9.17, 15) is 4.79 Å². The lowest BCUT2D eigenvalue weighted by Gasteiger charge is -2.34. The largest absolute Gasteiger partial charge is 0.478 e. The van der Waals surface area contributed by atoms with Crippen molar-refractivity contribution in [2.24, 2.45) is 0 Å². The van der Waals surface area contributed by atoms with Crippen LogP contribution in [0.1, 0.15) is 39.7 Å². The molecule has 0 saturated carbocycles. The minimum atomic E-state index is -0.893. The Morgan fingerprint density at radius 2 is 1.56 bits per heavy atom. The monoisotopic (exact) mass is 357 g/mol. The number of piperidine rings is 1. The number of carboxylic acids is 1. The van der Waals surface area contributed by atoms with Gasteiger partial charge in [-0.2, -0.15) is 0 Å². The van der Waals surface area contributed by atoms with E-state index >= 15 is 0 Å². The zero-order valence-corrected chi connectivity index (χ0v) is 15.1. The lowest BCUT2D eigenvalue weighted by molar-refractivity contribution is 0.0697. The number of aromatic carboxylic acids is 1. The number of hydrogen-bond acceptors (Lipinski definition) is 2. The predicted molar refractivity (Wildman–Crippen MR) is 108 cm³/mol. The van der Waals surface area contributed by atoms with Gasteiger partial charge in [-0.3, -0.25) is 0 Å². The van der Waals surface area contributed by atoms with Crippen LogP contribution in [0, 0.1) is 0 Å². The fourth-order valence-electron chi connectivity index (χ4n) is 4.16. The molecule has 0 amide bonds. The molecule has 1 fully saturated rings. The van der Waals surface area contributed by atoms with E-state index in [1.807, 2.05) is 12.1 Å². The quantitative estimate of drug-likeness (QED) is 0.697. The summed E-state index contributed by atoms with van der Waals surface area (Å²) in [5.41, 5.74) is 5.27. The summed E-state index contributed by atoms with van der Waals surface area (Å²) in [6.07, 6.45) is 1.11. The smallest absolute Gasteiger partial charge is 0.335 e. The molecular weight excluding hydrogens is 334 g/mol. The van der Waals surface area contributed by atoms with E-state index in [4.69, 9.17) is 5.11 Å². The van der Waals surface area contributed by atoms with Gasteiger partial charge in [0, 0.05) is 12.5 Å². The van der Waals surface area contributed by atoms with E-state index in [1.54, 1.807) is 12.1 Å². The molecule has 2 N–H and O–H groups in total. The fourth-order valence-corrected chi connectivity index (χ4v) is 4.16. The molecule has 27 heavy (non-hydrogen) atoms. The first-order valence-corrected chi connectivity index (χ1v) is 9.42. The summed E-state index contributed by atoms with van der Waals surface area (Å²) >= 11 is 0. The summed E-state index contributed by atoms with van der Waals surface area (Å²) in [6, 6.07) is 26.5. The summed E-state index contributed by atoms with van der Waals surface area (Å²) in [6.45, 7) is 1.98. The van der Waals surface area contributed by atoms with Gasteiger partial charge in [-0.1, -0.05) is 66.7 Å². The minimum Gasteiger partial charge on any atom is -0.478 e. The zero-order chi connectivity index (χ0) is 18.6. The number of hydrogen-bond donors (Lipinski definition) is 2. The molecule has 3 nitrogen and oxygen atoms in total. The molecule has 1 aliphatic heterocycles. The second-order valence-corrected chi connectivity index (χ2v) is 7.09. The van der Waals surface area contributed by atoms with Crippen LogP contribution in [0.5, 0.6) is 0 Å². The second-order valence-electron chi connectivity index (χ2n) is 7.09. The van der Waals surface area contributed by atoms with Gasteiger partial charge in [-0.15, -0.1) is 0 Å². The normalized spacial score (nSPS) is 19.6. The van der Waals surface area contributed by atoms with Crippen molar-refractivity contribution in [1.29, 1.82) is 0 Å². The first-order valence-electron chi connectivity index (χ1n) is 9.42. The second kappa shape index (κ2) is 7.77. The summed E-state index contributed by atoms with van der Waals surface area (Å²) in [5, 5.41) is 12.7. The lowest BCUT2D eigenvalue weighted by Crippen LogP contribution is -2.34. The molecule has 0 aromatic heterocycles. The molecule has 0 aliphatic carbocycles.